The van der Waals surface area contributed by atoms with Gasteiger partial charge in [-0.2, -0.15) is 4.36 Å². The van der Waals surface area contributed by atoms with Crippen LogP contribution in [0.5, 0.6) is 5.75 Å². The van der Waals surface area contributed by atoms with Gasteiger partial charge in [-0.1, -0.05) is 31.5 Å². The van der Waals surface area contributed by atoms with Gasteiger partial charge in [0.15, 0.2) is 0 Å². The molecule has 0 aliphatic rings. The van der Waals surface area contributed by atoms with E-state index < -0.39 is 9.73 Å². The van der Waals surface area contributed by atoms with E-state index in [2.05, 4.69) is 9.36 Å². The Morgan fingerprint density at radius 2 is 2.00 bits per heavy atom. The second-order valence-electron chi connectivity index (χ2n) is 7.38. The van der Waals surface area contributed by atoms with Gasteiger partial charge in [-0.15, -0.1) is 0 Å². The molecule has 2 rings (SSSR count). The van der Waals surface area contributed by atoms with Crippen molar-refractivity contribution in [2.45, 2.75) is 32.6 Å². The SMILES string of the molecule is CCN(C)C=Nc1cc(C)c(S(=O)(CC(C)C)=Nc2cccc(OC)c2)cc1Cl. The van der Waals surface area contributed by atoms with Crippen molar-refractivity contribution in [3.8, 4) is 5.75 Å². The summed E-state index contributed by atoms with van der Waals surface area (Å²) < 4.78 is 24.0. The van der Waals surface area contributed by atoms with Crippen LogP contribution in [0.3, 0.4) is 0 Å². The highest BCUT2D eigenvalue weighted by atomic mass is 35.5. The molecule has 2 aromatic rings. The van der Waals surface area contributed by atoms with Gasteiger partial charge in [0, 0.05) is 25.4 Å². The summed E-state index contributed by atoms with van der Waals surface area (Å²) in [6.07, 6.45) is 1.74. The van der Waals surface area contributed by atoms with E-state index in [9.17, 15) is 4.21 Å². The lowest BCUT2D eigenvalue weighted by molar-refractivity contribution is 0.415. The van der Waals surface area contributed by atoms with Crippen LogP contribution in [0.15, 0.2) is 50.6 Å². The molecule has 5 nitrogen and oxygen atoms in total. The average molecular weight is 436 g/mol. The lowest BCUT2D eigenvalue weighted by Crippen LogP contribution is -2.14. The van der Waals surface area contributed by atoms with Crippen molar-refractivity contribution in [1.29, 1.82) is 0 Å². The van der Waals surface area contributed by atoms with E-state index in [0.717, 1.165) is 12.1 Å². The second-order valence-corrected chi connectivity index (χ2v) is 10.0. The van der Waals surface area contributed by atoms with Crippen molar-refractivity contribution in [2.24, 2.45) is 15.3 Å². The fourth-order valence-electron chi connectivity index (χ4n) is 2.80. The van der Waals surface area contributed by atoms with Crippen LogP contribution < -0.4 is 4.74 Å². The van der Waals surface area contributed by atoms with E-state index in [1.54, 1.807) is 25.6 Å². The zero-order chi connectivity index (χ0) is 21.6. The quantitative estimate of drug-likeness (QED) is 0.372. The van der Waals surface area contributed by atoms with Gasteiger partial charge in [-0.05, 0) is 49.6 Å². The first-order valence-electron chi connectivity index (χ1n) is 9.62. The molecule has 0 fully saturated rings. The molecule has 0 N–H and O–H groups in total. The highest BCUT2D eigenvalue weighted by Gasteiger charge is 2.20. The summed E-state index contributed by atoms with van der Waals surface area (Å²) in [5.41, 5.74) is 2.14. The zero-order valence-electron chi connectivity index (χ0n) is 18.0. The third-order valence-electron chi connectivity index (χ3n) is 4.35. The first kappa shape index (κ1) is 23.2. The molecule has 2 aromatic carbocycles. The summed E-state index contributed by atoms with van der Waals surface area (Å²) in [5.74, 6) is 1.31. The van der Waals surface area contributed by atoms with Crippen LogP contribution in [0, 0.1) is 12.8 Å². The van der Waals surface area contributed by atoms with Gasteiger partial charge in [-0.3, -0.25) is 0 Å². The Labute approximate surface area is 179 Å². The van der Waals surface area contributed by atoms with Crippen molar-refractivity contribution in [1.82, 2.24) is 4.90 Å². The monoisotopic (exact) mass is 435 g/mol. The Kier molecular flexibility index (Phi) is 8.11. The number of rotatable bonds is 8. The average Bonchev–Trinajstić information content (AvgIpc) is 2.67. The van der Waals surface area contributed by atoms with Crippen LogP contribution in [-0.4, -0.2) is 41.9 Å². The van der Waals surface area contributed by atoms with E-state index >= 15 is 0 Å². The Morgan fingerprint density at radius 3 is 2.62 bits per heavy atom. The van der Waals surface area contributed by atoms with Crippen LogP contribution in [0.25, 0.3) is 0 Å². The predicted molar refractivity (Wildman–Crippen MR) is 124 cm³/mol. The fourth-order valence-corrected chi connectivity index (χ4v) is 5.65. The van der Waals surface area contributed by atoms with Gasteiger partial charge in [0.25, 0.3) is 0 Å². The topological polar surface area (TPSA) is 54.3 Å². The Hall–Kier alpha value is -2.05. The van der Waals surface area contributed by atoms with Gasteiger partial charge in [-0.25, -0.2) is 9.20 Å². The molecule has 0 saturated carbocycles. The maximum absolute atomic E-state index is 14.1. The third-order valence-corrected chi connectivity index (χ3v) is 7.40. The number of hydrogen-bond donors (Lipinski definition) is 0. The zero-order valence-corrected chi connectivity index (χ0v) is 19.5. The van der Waals surface area contributed by atoms with Crippen LogP contribution >= 0.6 is 11.6 Å². The molecule has 0 heterocycles. The number of benzene rings is 2. The summed E-state index contributed by atoms with van der Waals surface area (Å²) in [6, 6.07) is 10.9. The number of methoxy groups -OCH3 is 1. The Morgan fingerprint density at radius 1 is 1.28 bits per heavy atom. The maximum Gasteiger partial charge on any atom is 0.121 e. The van der Waals surface area contributed by atoms with Crippen LogP contribution in [0.1, 0.15) is 26.3 Å². The van der Waals surface area contributed by atoms with Gasteiger partial charge >= 0.3 is 0 Å². The van der Waals surface area contributed by atoms with Crippen LogP contribution in [-0.2, 0) is 9.73 Å². The molecule has 0 aliphatic carbocycles. The molecule has 29 heavy (non-hydrogen) atoms. The lowest BCUT2D eigenvalue weighted by Gasteiger charge is -2.17. The van der Waals surface area contributed by atoms with E-state index in [0.29, 0.717) is 32.8 Å². The number of aliphatic imine (C=N–C) groups is 1. The molecule has 0 aromatic heterocycles. The first-order valence-corrected chi connectivity index (χ1v) is 11.7. The fraction of sp³-hybridized carbons (Fsp3) is 0.409. The lowest BCUT2D eigenvalue weighted by atomic mass is 10.2. The molecule has 158 valence electrons. The predicted octanol–water partition coefficient (Wildman–Crippen LogP) is 6.08. The van der Waals surface area contributed by atoms with Crippen LogP contribution in [0.4, 0.5) is 11.4 Å². The molecule has 0 amide bonds. The summed E-state index contributed by atoms with van der Waals surface area (Å²) in [6.45, 7) is 8.89. The van der Waals surface area contributed by atoms with Crippen molar-refractivity contribution < 1.29 is 8.95 Å². The summed E-state index contributed by atoms with van der Waals surface area (Å²) >= 11 is 6.50. The van der Waals surface area contributed by atoms with Crippen molar-refractivity contribution >= 4 is 39.0 Å². The molecule has 0 bridgehead atoms. The van der Waals surface area contributed by atoms with Gasteiger partial charge in [0.2, 0.25) is 0 Å². The number of nitrogens with zero attached hydrogens (tertiary/aromatic N) is 3. The van der Waals surface area contributed by atoms with E-state index in [4.69, 9.17) is 16.3 Å². The number of halogens is 1. The first-order chi connectivity index (χ1) is 13.7. The standard InChI is InChI=1S/C22H30ClN3O2S/c1-7-26(5)15-24-21-11-17(4)22(13-20(21)23)29(27,14-16(2)3)25-18-9-8-10-19(12-18)28-6/h8-13,15-16H,7,14H2,1-6H3. The number of hydrogen-bond acceptors (Lipinski definition) is 4. The molecule has 0 spiro atoms. The Bertz CT molecular complexity index is 996. The van der Waals surface area contributed by atoms with E-state index in [-0.39, 0.29) is 5.92 Å². The van der Waals surface area contributed by atoms with Crippen LogP contribution in [0.2, 0.25) is 5.02 Å². The smallest absolute Gasteiger partial charge is 0.121 e. The summed E-state index contributed by atoms with van der Waals surface area (Å²) in [4.78, 5) is 7.07. The minimum atomic E-state index is -2.73. The molecular weight excluding hydrogens is 406 g/mol. The Balaban J connectivity index is 2.60. The number of ether oxygens (including phenoxy) is 1. The minimum Gasteiger partial charge on any atom is -0.497 e. The molecule has 0 radical (unpaired) electrons. The molecule has 7 heteroatoms. The molecule has 1 unspecified atom stereocenters. The summed E-state index contributed by atoms with van der Waals surface area (Å²) in [5, 5.41) is 0.462. The minimum absolute atomic E-state index is 0.200. The van der Waals surface area contributed by atoms with Gasteiger partial charge in [0.05, 0.1) is 44.5 Å². The van der Waals surface area contributed by atoms with Crippen molar-refractivity contribution in [2.75, 3.05) is 26.5 Å². The van der Waals surface area contributed by atoms with E-state index in [1.807, 2.05) is 63.9 Å². The molecular formula is C22H30ClN3O2S. The van der Waals surface area contributed by atoms with Crippen molar-refractivity contribution in [3.05, 3.63) is 47.0 Å². The largest absolute Gasteiger partial charge is 0.497 e. The number of aryl methyl sites for hydroxylation is 1. The normalized spacial score (nSPS) is 13.5. The molecule has 1 atom stereocenters. The van der Waals surface area contributed by atoms with E-state index in [1.165, 1.54) is 0 Å². The van der Waals surface area contributed by atoms with Gasteiger partial charge < -0.3 is 9.64 Å². The highest BCUT2D eigenvalue weighted by molar-refractivity contribution is 7.93. The molecule has 0 aliphatic heterocycles. The second kappa shape index (κ2) is 10.1. The maximum atomic E-state index is 14.1. The molecule has 0 saturated heterocycles. The third kappa shape index (κ3) is 6.21. The van der Waals surface area contributed by atoms with Gasteiger partial charge in [0.1, 0.15) is 5.75 Å². The highest BCUT2D eigenvalue weighted by Crippen LogP contribution is 2.34. The van der Waals surface area contributed by atoms with Crippen molar-refractivity contribution in [3.63, 3.8) is 0 Å². The summed E-state index contributed by atoms with van der Waals surface area (Å²) in [7, 11) is 0.818.